The van der Waals surface area contributed by atoms with E-state index in [-0.39, 0.29) is 16.3 Å². The Morgan fingerprint density at radius 3 is 2.52 bits per heavy atom. The lowest BCUT2D eigenvalue weighted by Gasteiger charge is -2.09. The van der Waals surface area contributed by atoms with Crippen LogP contribution in [-0.4, -0.2) is 20.6 Å². The Labute approximate surface area is 146 Å². The fourth-order valence-corrected chi connectivity index (χ4v) is 3.74. The first kappa shape index (κ1) is 17.3. The predicted octanol–water partition coefficient (Wildman–Crippen LogP) is 3.80. The molecule has 3 rings (SSSR count). The van der Waals surface area contributed by atoms with Gasteiger partial charge in [-0.3, -0.25) is 9.52 Å². The molecule has 0 fully saturated rings. The van der Waals surface area contributed by atoms with Crippen LogP contribution < -0.4 is 10.0 Å². The van der Waals surface area contributed by atoms with Crippen molar-refractivity contribution >= 4 is 48.7 Å². The summed E-state index contributed by atoms with van der Waals surface area (Å²) in [6, 6.07) is 9.50. The second kappa shape index (κ2) is 6.41. The van der Waals surface area contributed by atoms with Crippen LogP contribution in [0.3, 0.4) is 0 Å². The van der Waals surface area contributed by atoms with Crippen LogP contribution >= 0.6 is 11.3 Å². The molecule has 2 aromatic carbocycles. The molecular weight excluding hydrogens is 370 g/mol. The van der Waals surface area contributed by atoms with Crippen LogP contribution in [0.4, 0.5) is 20.2 Å². The molecule has 130 valence electrons. The largest absolute Gasteiger partial charge is 0.321 e. The summed E-state index contributed by atoms with van der Waals surface area (Å²) < 4.78 is 52.5. The van der Waals surface area contributed by atoms with Crippen molar-refractivity contribution in [2.75, 3.05) is 16.3 Å². The molecule has 5 nitrogen and oxygen atoms in total. The fraction of sp³-hybridized carbons (Fsp3) is 0.0625. The maximum Gasteiger partial charge on any atom is 0.265 e. The van der Waals surface area contributed by atoms with Crippen LogP contribution in [0.5, 0.6) is 0 Å². The highest BCUT2D eigenvalue weighted by Crippen LogP contribution is 2.28. The van der Waals surface area contributed by atoms with Gasteiger partial charge in [0.2, 0.25) is 10.0 Å². The number of hydrogen-bond donors (Lipinski definition) is 2. The standard InChI is InChI=1S/C16H12F2N2O3S2/c1-25(22,23)20-13-7-9(5-6-12(13)18)19-16(21)15-8-10-11(17)3-2-4-14(10)24-15/h2-8,20H,1H3,(H,19,21). The summed E-state index contributed by atoms with van der Waals surface area (Å²) in [5, 5.41) is 2.88. The summed E-state index contributed by atoms with van der Waals surface area (Å²) in [5.41, 5.74) is -0.0711. The molecule has 0 spiro atoms. The number of rotatable bonds is 4. The van der Waals surface area contributed by atoms with Crippen molar-refractivity contribution in [1.82, 2.24) is 0 Å². The monoisotopic (exact) mass is 382 g/mol. The lowest BCUT2D eigenvalue weighted by Crippen LogP contribution is -2.13. The van der Waals surface area contributed by atoms with Crippen molar-refractivity contribution in [3.63, 3.8) is 0 Å². The van der Waals surface area contributed by atoms with Gasteiger partial charge in [-0.05, 0) is 36.4 Å². The number of amides is 1. The van der Waals surface area contributed by atoms with Gasteiger partial charge in [0.15, 0.2) is 0 Å². The van der Waals surface area contributed by atoms with Crippen LogP contribution in [0.15, 0.2) is 42.5 Å². The van der Waals surface area contributed by atoms with E-state index in [1.165, 1.54) is 24.3 Å². The number of carbonyl (C=O) groups excluding carboxylic acids is 1. The normalized spacial score (nSPS) is 11.5. The molecule has 3 aromatic rings. The third kappa shape index (κ3) is 3.94. The third-order valence-corrected chi connectivity index (χ3v) is 4.94. The summed E-state index contributed by atoms with van der Waals surface area (Å²) in [4.78, 5) is 12.6. The van der Waals surface area contributed by atoms with E-state index in [2.05, 4.69) is 5.32 Å². The molecule has 0 aliphatic heterocycles. The zero-order valence-corrected chi connectivity index (χ0v) is 14.5. The Morgan fingerprint density at radius 1 is 1.08 bits per heavy atom. The number of nitrogens with one attached hydrogen (secondary N) is 2. The highest BCUT2D eigenvalue weighted by molar-refractivity contribution is 7.92. The smallest absolute Gasteiger partial charge is 0.265 e. The molecular formula is C16H12F2N2O3S2. The topological polar surface area (TPSA) is 75.3 Å². The van der Waals surface area contributed by atoms with E-state index in [0.29, 0.717) is 10.1 Å². The third-order valence-electron chi connectivity index (χ3n) is 3.25. The van der Waals surface area contributed by atoms with Crippen molar-refractivity contribution in [1.29, 1.82) is 0 Å². The van der Waals surface area contributed by atoms with E-state index in [9.17, 15) is 22.0 Å². The number of fused-ring (bicyclic) bond motifs is 1. The molecule has 1 heterocycles. The van der Waals surface area contributed by atoms with Gasteiger partial charge in [-0.2, -0.15) is 0 Å². The lowest BCUT2D eigenvalue weighted by atomic mass is 10.2. The van der Waals surface area contributed by atoms with Crippen molar-refractivity contribution in [2.45, 2.75) is 0 Å². The molecule has 0 unspecified atom stereocenters. The number of hydrogen-bond acceptors (Lipinski definition) is 4. The number of carbonyl (C=O) groups is 1. The Bertz CT molecular complexity index is 1080. The summed E-state index contributed by atoms with van der Waals surface area (Å²) in [6.45, 7) is 0. The molecule has 1 amide bonds. The zero-order valence-electron chi connectivity index (χ0n) is 12.8. The van der Waals surface area contributed by atoms with E-state index >= 15 is 0 Å². The molecule has 0 radical (unpaired) electrons. The van der Waals surface area contributed by atoms with Gasteiger partial charge in [0.25, 0.3) is 5.91 Å². The average Bonchev–Trinajstić information content (AvgIpc) is 2.95. The van der Waals surface area contributed by atoms with Crippen LogP contribution in [0.25, 0.3) is 10.1 Å². The quantitative estimate of drug-likeness (QED) is 0.721. The summed E-state index contributed by atoms with van der Waals surface area (Å²) >= 11 is 1.12. The van der Waals surface area contributed by atoms with Crippen molar-refractivity contribution in [2.24, 2.45) is 0 Å². The molecule has 0 aliphatic rings. The van der Waals surface area contributed by atoms with Gasteiger partial charge in [0.05, 0.1) is 16.8 Å². The van der Waals surface area contributed by atoms with E-state index in [1.807, 2.05) is 4.72 Å². The molecule has 0 bridgehead atoms. The first-order chi connectivity index (χ1) is 11.7. The Balaban J connectivity index is 1.87. The molecule has 25 heavy (non-hydrogen) atoms. The first-order valence-corrected chi connectivity index (χ1v) is 9.70. The van der Waals surface area contributed by atoms with Gasteiger partial charge in [-0.1, -0.05) is 6.07 Å². The van der Waals surface area contributed by atoms with Gasteiger partial charge in [0, 0.05) is 15.8 Å². The number of benzene rings is 2. The Kier molecular flexibility index (Phi) is 4.44. The fourth-order valence-electron chi connectivity index (χ4n) is 2.21. The van der Waals surface area contributed by atoms with Crippen LogP contribution in [-0.2, 0) is 10.0 Å². The average molecular weight is 382 g/mol. The lowest BCUT2D eigenvalue weighted by molar-refractivity contribution is 0.103. The minimum Gasteiger partial charge on any atom is -0.321 e. The van der Waals surface area contributed by atoms with Gasteiger partial charge in [-0.25, -0.2) is 17.2 Å². The van der Waals surface area contributed by atoms with Gasteiger partial charge in [0.1, 0.15) is 11.6 Å². The Morgan fingerprint density at radius 2 is 1.84 bits per heavy atom. The molecule has 0 aliphatic carbocycles. The number of thiophene rings is 1. The predicted molar refractivity (Wildman–Crippen MR) is 94.6 cm³/mol. The first-order valence-electron chi connectivity index (χ1n) is 7.00. The minimum atomic E-state index is -3.66. The van der Waals surface area contributed by atoms with Crippen molar-refractivity contribution < 1.29 is 22.0 Å². The number of sulfonamides is 1. The minimum absolute atomic E-state index is 0.204. The summed E-state index contributed by atoms with van der Waals surface area (Å²) in [5.74, 6) is -1.70. The molecule has 2 N–H and O–H groups in total. The molecule has 0 saturated heterocycles. The van der Waals surface area contributed by atoms with Gasteiger partial charge in [-0.15, -0.1) is 11.3 Å². The van der Waals surface area contributed by atoms with Crippen molar-refractivity contribution in [3.8, 4) is 0 Å². The Hall–Kier alpha value is -2.52. The zero-order chi connectivity index (χ0) is 18.2. The van der Waals surface area contributed by atoms with E-state index in [0.717, 1.165) is 23.7 Å². The highest BCUT2D eigenvalue weighted by Gasteiger charge is 2.14. The maximum absolute atomic E-state index is 13.7. The number of anilines is 2. The van der Waals surface area contributed by atoms with E-state index in [1.54, 1.807) is 12.1 Å². The highest BCUT2D eigenvalue weighted by atomic mass is 32.2. The van der Waals surface area contributed by atoms with Crippen LogP contribution in [0, 0.1) is 11.6 Å². The second-order valence-corrected chi connectivity index (χ2v) is 8.12. The van der Waals surface area contributed by atoms with Gasteiger partial charge >= 0.3 is 0 Å². The molecule has 9 heteroatoms. The van der Waals surface area contributed by atoms with E-state index in [4.69, 9.17) is 0 Å². The van der Waals surface area contributed by atoms with Crippen LogP contribution in [0.1, 0.15) is 9.67 Å². The molecule has 0 atom stereocenters. The SMILES string of the molecule is CS(=O)(=O)Nc1cc(NC(=O)c2cc3c(F)cccc3s2)ccc1F. The number of halogens is 2. The maximum atomic E-state index is 13.7. The molecule has 1 aromatic heterocycles. The molecule has 0 saturated carbocycles. The van der Waals surface area contributed by atoms with Crippen molar-refractivity contribution in [3.05, 3.63) is 59.0 Å². The van der Waals surface area contributed by atoms with E-state index < -0.39 is 27.6 Å². The van der Waals surface area contributed by atoms with Gasteiger partial charge < -0.3 is 5.32 Å². The second-order valence-electron chi connectivity index (χ2n) is 5.29. The summed E-state index contributed by atoms with van der Waals surface area (Å²) in [6.07, 6.45) is 0.892. The van der Waals surface area contributed by atoms with Crippen LogP contribution in [0.2, 0.25) is 0 Å². The summed E-state index contributed by atoms with van der Waals surface area (Å²) in [7, 11) is -3.66.